The van der Waals surface area contributed by atoms with Gasteiger partial charge in [-0.3, -0.25) is 4.79 Å². The molecule has 1 aromatic rings. The van der Waals surface area contributed by atoms with E-state index in [0.29, 0.717) is 41.3 Å². The van der Waals surface area contributed by atoms with Gasteiger partial charge in [0, 0.05) is 18.1 Å². The predicted octanol–water partition coefficient (Wildman–Crippen LogP) is 4.28. The Labute approximate surface area is 172 Å². The number of hydrogen-bond donors (Lipinski definition) is 2. The first-order chi connectivity index (χ1) is 12.6. The summed E-state index contributed by atoms with van der Waals surface area (Å²) in [6.45, 7) is 5.56. The van der Waals surface area contributed by atoms with Crippen LogP contribution in [0.2, 0.25) is 5.02 Å². The maximum absolute atomic E-state index is 12.5. The van der Waals surface area contributed by atoms with Crippen LogP contribution in [-0.4, -0.2) is 38.3 Å². The molecule has 2 atom stereocenters. The smallest absolute Gasteiger partial charge is 0.224 e. The van der Waals surface area contributed by atoms with E-state index >= 15 is 0 Å². The molecule has 27 heavy (non-hydrogen) atoms. The normalized spacial score (nSPS) is 21.3. The molecule has 2 saturated heterocycles. The number of benzene rings is 1. The van der Waals surface area contributed by atoms with Gasteiger partial charge in [0.05, 0.1) is 11.8 Å². The lowest BCUT2D eigenvalue weighted by atomic mass is 9.84. The minimum atomic E-state index is 0. The Morgan fingerprint density at radius 2 is 2.15 bits per heavy atom. The Morgan fingerprint density at radius 1 is 1.37 bits per heavy atom. The summed E-state index contributed by atoms with van der Waals surface area (Å²) in [4.78, 5) is 12.5. The van der Waals surface area contributed by atoms with Gasteiger partial charge in [-0.1, -0.05) is 18.5 Å². The van der Waals surface area contributed by atoms with Crippen molar-refractivity contribution in [3.63, 3.8) is 0 Å². The molecule has 2 unspecified atom stereocenters. The number of ether oxygens (including phenoxy) is 2. The molecule has 0 aliphatic carbocycles. The second kappa shape index (κ2) is 11.1. The second-order valence-corrected chi connectivity index (χ2v) is 7.84. The monoisotopic (exact) mass is 416 g/mol. The summed E-state index contributed by atoms with van der Waals surface area (Å²) in [5, 5.41) is 6.94. The Bertz CT molecular complexity index is 603. The quantitative estimate of drug-likeness (QED) is 0.695. The minimum absolute atomic E-state index is 0. The Kier molecular flexibility index (Phi) is 9.16. The zero-order chi connectivity index (χ0) is 18.4. The van der Waals surface area contributed by atoms with Crippen LogP contribution in [0.25, 0.3) is 0 Å². The van der Waals surface area contributed by atoms with Gasteiger partial charge < -0.3 is 20.1 Å². The second-order valence-electron chi connectivity index (χ2n) is 7.40. The number of piperidine rings is 1. The molecule has 3 rings (SSSR count). The fourth-order valence-electron chi connectivity index (χ4n) is 3.76. The minimum Gasteiger partial charge on any atom is -0.489 e. The highest BCUT2D eigenvalue weighted by Gasteiger charge is 2.23. The fourth-order valence-corrected chi connectivity index (χ4v) is 3.93. The lowest BCUT2D eigenvalue weighted by Crippen LogP contribution is -2.32. The number of nitrogens with one attached hydrogen (secondary N) is 2. The highest BCUT2D eigenvalue weighted by molar-refractivity contribution is 6.31. The molecular weight excluding hydrogens is 387 g/mol. The van der Waals surface area contributed by atoms with Crippen LogP contribution in [0.1, 0.15) is 39.0 Å². The lowest BCUT2D eigenvalue weighted by Gasteiger charge is -2.28. The first-order valence-electron chi connectivity index (χ1n) is 9.66. The van der Waals surface area contributed by atoms with Gasteiger partial charge >= 0.3 is 0 Å². The molecule has 1 aromatic carbocycles. The molecule has 0 bridgehead atoms. The summed E-state index contributed by atoms with van der Waals surface area (Å²) < 4.78 is 11.5. The van der Waals surface area contributed by atoms with Gasteiger partial charge in [-0.2, -0.15) is 0 Å². The number of hydrogen-bond acceptors (Lipinski definition) is 4. The number of carbonyl (C=O) groups excluding carboxylic acids is 1. The Balaban J connectivity index is 0.00000261. The molecule has 2 aliphatic rings. The van der Waals surface area contributed by atoms with E-state index in [1.807, 2.05) is 6.07 Å². The third-order valence-electron chi connectivity index (χ3n) is 5.36. The number of halogens is 2. The third-order valence-corrected chi connectivity index (χ3v) is 5.60. The first-order valence-corrected chi connectivity index (χ1v) is 10.0. The molecular formula is C20H30Cl2N2O3. The molecule has 2 aliphatic heterocycles. The molecule has 0 saturated carbocycles. The van der Waals surface area contributed by atoms with Crippen molar-refractivity contribution in [1.29, 1.82) is 0 Å². The van der Waals surface area contributed by atoms with E-state index < -0.39 is 0 Å². The van der Waals surface area contributed by atoms with Crippen molar-refractivity contribution in [2.24, 2.45) is 11.8 Å². The van der Waals surface area contributed by atoms with Crippen molar-refractivity contribution in [3.8, 4) is 5.75 Å². The van der Waals surface area contributed by atoms with Gasteiger partial charge in [-0.25, -0.2) is 0 Å². The van der Waals surface area contributed by atoms with Gasteiger partial charge in [0.2, 0.25) is 5.91 Å². The van der Waals surface area contributed by atoms with Gasteiger partial charge in [0.1, 0.15) is 12.4 Å². The van der Waals surface area contributed by atoms with E-state index in [4.69, 9.17) is 21.1 Å². The maximum atomic E-state index is 12.5. The number of anilines is 1. The van der Waals surface area contributed by atoms with Gasteiger partial charge in [-0.05, 0) is 68.8 Å². The molecule has 2 fully saturated rings. The van der Waals surface area contributed by atoms with Gasteiger partial charge in [-0.15, -0.1) is 12.4 Å². The molecule has 152 valence electrons. The predicted molar refractivity (Wildman–Crippen MR) is 111 cm³/mol. The summed E-state index contributed by atoms with van der Waals surface area (Å²) in [7, 11) is 0. The van der Waals surface area contributed by atoms with Crippen molar-refractivity contribution in [1.82, 2.24) is 5.32 Å². The molecule has 0 radical (unpaired) electrons. The van der Waals surface area contributed by atoms with Crippen LogP contribution in [0.4, 0.5) is 5.69 Å². The molecule has 1 amide bonds. The van der Waals surface area contributed by atoms with Crippen LogP contribution in [0.3, 0.4) is 0 Å². The first kappa shape index (κ1) is 22.3. The van der Waals surface area contributed by atoms with E-state index in [1.54, 1.807) is 12.1 Å². The highest BCUT2D eigenvalue weighted by Crippen LogP contribution is 2.30. The molecule has 5 nitrogen and oxygen atoms in total. The van der Waals surface area contributed by atoms with Crippen molar-refractivity contribution in [2.45, 2.75) is 45.1 Å². The SMILES string of the molecule is CC(CC(=O)Nc1cc(Cl)ccc1OCC1CCCO1)C1CCNCC1.Cl. The van der Waals surface area contributed by atoms with Gasteiger partial charge in [0.15, 0.2) is 0 Å². The van der Waals surface area contributed by atoms with Crippen LogP contribution in [0.15, 0.2) is 18.2 Å². The molecule has 0 aromatic heterocycles. The number of amides is 1. The largest absolute Gasteiger partial charge is 0.489 e. The van der Waals surface area contributed by atoms with Crippen molar-refractivity contribution in [2.75, 3.05) is 31.6 Å². The number of rotatable bonds is 7. The van der Waals surface area contributed by atoms with E-state index in [9.17, 15) is 4.79 Å². The van der Waals surface area contributed by atoms with E-state index in [-0.39, 0.29) is 24.4 Å². The van der Waals surface area contributed by atoms with Crippen LogP contribution in [0.5, 0.6) is 5.75 Å². The molecule has 2 heterocycles. The topological polar surface area (TPSA) is 59.6 Å². The van der Waals surface area contributed by atoms with Crippen molar-refractivity contribution >= 4 is 35.6 Å². The summed E-state index contributed by atoms with van der Waals surface area (Å²) in [6, 6.07) is 5.34. The van der Waals surface area contributed by atoms with E-state index in [0.717, 1.165) is 45.4 Å². The number of carbonyl (C=O) groups is 1. The van der Waals surface area contributed by atoms with Crippen LogP contribution in [0, 0.1) is 11.8 Å². The van der Waals surface area contributed by atoms with Crippen LogP contribution < -0.4 is 15.4 Å². The summed E-state index contributed by atoms with van der Waals surface area (Å²) in [5.41, 5.74) is 0.637. The van der Waals surface area contributed by atoms with Crippen molar-refractivity contribution in [3.05, 3.63) is 23.2 Å². The van der Waals surface area contributed by atoms with E-state index in [1.165, 1.54) is 0 Å². The maximum Gasteiger partial charge on any atom is 0.224 e. The average Bonchev–Trinajstić information content (AvgIpc) is 3.15. The lowest BCUT2D eigenvalue weighted by molar-refractivity contribution is -0.117. The standard InChI is InChI=1S/C20H29ClN2O3.ClH/c1-14(15-6-8-22-9-7-15)11-20(24)23-18-12-16(21)4-5-19(18)26-13-17-3-2-10-25-17;/h4-5,12,14-15,17,22H,2-3,6-11,13H2,1H3,(H,23,24);1H. The summed E-state index contributed by atoms with van der Waals surface area (Å²) in [5.74, 6) is 1.64. The highest BCUT2D eigenvalue weighted by atomic mass is 35.5. The molecule has 2 N–H and O–H groups in total. The molecule has 0 spiro atoms. The van der Waals surface area contributed by atoms with E-state index in [2.05, 4.69) is 17.6 Å². The fraction of sp³-hybridized carbons (Fsp3) is 0.650. The summed E-state index contributed by atoms with van der Waals surface area (Å²) >= 11 is 6.12. The third kappa shape index (κ3) is 6.83. The summed E-state index contributed by atoms with van der Waals surface area (Å²) in [6.07, 6.45) is 5.02. The molecule has 7 heteroatoms. The average molecular weight is 417 g/mol. The zero-order valence-corrected chi connectivity index (χ0v) is 17.4. The zero-order valence-electron chi connectivity index (χ0n) is 15.8. The Hall–Kier alpha value is -1.01. The Morgan fingerprint density at radius 3 is 2.85 bits per heavy atom. The van der Waals surface area contributed by atoms with Crippen LogP contribution in [-0.2, 0) is 9.53 Å². The van der Waals surface area contributed by atoms with Crippen molar-refractivity contribution < 1.29 is 14.3 Å². The van der Waals surface area contributed by atoms with Crippen LogP contribution >= 0.6 is 24.0 Å². The van der Waals surface area contributed by atoms with Gasteiger partial charge in [0.25, 0.3) is 0 Å².